The molecule has 1 aromatic heterocycles. The van der Waals surface area contributed by atoms with E-state index in [1.54, 1.807) is 6.26 Å². The van der Waals surface area contributed by atoms with Gasteiger partial charge in [-0.1, -0.05) is 38.1 Å². The van der Waals surface area contributed by atoms with Gasteiger partial charge in [-0.25, -0.2) is 0 Å². The molecule has 0 saturated carbocycles. The van der Waals surface area contributed by atoms with Crippen LogP contribution in [0.4, 0.5) is 0 Å². The predicted octanol–water partition coefficient (Wildman–Crippen LogP) is 3.62. The molecule has 0 aliphatic carbocycles. The Balaban J connectivity index is 2.10. The van der Waals surface area contributed by atoms with Crippen LogP contribution in [0.2, 0.25) is 0 Å². The normalized spacial score (nSPS) is 14.2. The SMILES string of the molecule is CCc1ccc(C(CC)NC(CO)c2ccco2)cc1. The highest BCUT2D eigenvalue weighted by Crippen LogP contribution is 2.23. The van der Waals surface area contributed by atoms with Crippen LogP contribution in [0, 0.1) is 0 Å². The Morgan fingerprint density at radius 1 is 1.10 bits per heavy atom. The third kappa shape index (κ3) is 3.50. The van der Waals surface area contributed by atoms with Gasteiger partial charge in [0.1, 0.15) is 5.76 Å². The zero-order valence-electron chi connectivity index (χ0n) is 12.2. The number of aliphatic hydroxyl groups is 1. The van der Waals surface area contributed by atoms with Crippen LogP contribution in [0.1, 0.15) is 49.2 Å². The van der Waals surface area contributed by atoms with Crippen molar-refractivity contribution in [2.24, 2.45) is 0 Å². The molecular weight excluding hydrogens is 250 g/mol. The summed E-state index contributed by atoms with van der Waals surface area (Å²) in [4.78, 5) is 0. The first-order valence-electron chi connectivity index (χ1n) is 7.27. The number of benzene rings is 1. The fraction of sp³-hybridized carbons (Fsp3) is 0.412. The molecule has 0 fully saturated rings. The summed E-state index contributed by atoms with van der Waals surface area (Å²) < 4.78 is 5.38. The van der Waals surface area contributed by atoms with E-state index in [1.165, 1.54) is 11.1 Å². The summed E-state index contributed by atoms with van der Waals surface area (Å²) in [5.41, 5.74) is 2.59. The summed E-state index contributed by atoms with van der Waals surface area (Å²) in [6.45, 7) is 4.32. The van der Waals surface area contributed by atoms with Crippen LogP contribution < -0.4 is 5.32 Å². The van der Waals surface area contributed by atoms with Crippen molar-refractivity contribution in [3.8, 4) is 0 Å². The summed E-state index contributed by atoms with van der Waals surface area (Å²) in [6, 6.07) is 12.4. The number of hydrogen-bond donors (Lipinski definition) is 2. The van der Waals surface area contributed by atoms with Crippen molar-refractivity contribution >= 4 is 0 Å². The molecule has 0 radical (unpaired) electrons. The van der Waals surface area contributed by atoms with Gasteiger partial charge < -0.3 is 9.52 Å². The molecule has 1 heterocycles. The molecule has 0 bridgehead atoms. The van der Waals surface area contributed by atoms with Gasteiger partial charge in [0.2, 0.25) is 0 Å². The number of aliphatic hydroxyl groups excluding tert-OH is 1. The van der Waals surface area contributed by atoms with E-state index in [2.05, 4.69) is 43.4 Å². The lowest BCUT2D eigenvalue weighted by molar-refractivity contribution is 0.213. The highest BCUT2D eigenvalue weighted by atomic mass is 16.3. The molecule has 0 aliphatic rings. The maximum Gasteiger partial charge on any atom is 0.123 e. The Morgan fingerprint density at radius 3 is 2.35 bits per heavy atom. The molecule has 1 aromatic carbocycles. The van der Waals surface area contributed by atoms with Crippen molar-refractivity contribution in [2.75, 3.05) is 6.61 Å². The lowest BCUT2D eigenvalue weighted by Gasteiger charge is -2.23. The summed E-state index contributed by atoms with van der Waals surface area (Å²) in [7, 11) is 0. The second-order valence-electron chi connectivity index (χ2n) is 4.97. The Hall–Kier alpha value is -1.58. The molecule has 0 saturated heterocycles. The molecule has 108 valence electrons. The molecule has 2 aromatic rings. The minimum absolute atomic E-state index is 0.0249. The van der Waals surface area contributed by atoms with Crippen molar-refractivity contribution < 1.29 is 9.52 Å². The standard InChI is InChI=1S/C17H23NO2/c1-3-13-7-9-14(10-8-13)15(4-2)18-16(12-19)17-6-5-11-20-17/h5-11,15-16,18-19H,3-4,12H2,1-2H3. The molecule has 2 atom stereocenters. The Bertz CT molecular complexity index is 490. The van der Waals surface area contributed by atoms with E-state index < -0.39 is 0 Å². The van der Waals surface area contributed by atoms with E-state index in [1.807, 2.05) is 12.1 Å². The fourth-order valence-corrected chi connectivity index (χ4v) is 2.39. The topological polar surface area (TPSA) is 45.4 Å². The van der Waals surface area contributed by atoms with Crippen LogP contribution in [0.15, 0.2) is 47.1 Å². The van der Waals surface area contributed by atoms with E-state index in [-0.39, 0.29) is 18.7 Å². The fourth-order valence-electron chi connectivity index (χ4n) is 2.39. The second-order valence-corrected chi connectivity index (χ2v) is 4.97. The maximum absolute atomic E-state index is 9.55. The lowest BCUT2D eigenvalue weighted by Crippen LogP contribution is -2.28. The van der Waals surface area contributed by atoms with Crippen molar-refractivity contribution in [1.29, 1.82) is 0 Å². The van der Waals surface area contributed by atoms with Crippen molar-refractivity contribution in [2.45, 2.75) is 38.8 Å². The van der Waals surface area contributed by atoms with E-state index in [0.29, 0.717) is 0 Å². The quantitative estimate of drug-likeness (QED) is 0.810. The van der Waals surface area contributed by atoms with Crippen molar-refractivity contribution in [3.63, 3.8) is 0 Å². The minimum Gasteiger partial charge on any atom is -0.468 e. The monoisotopic (exact) mass is 273 g/mol. The van der Waals surface area contributed by atoms with Gasteiger partial charge in [-0.05, 0) is 36.1 Å². The molecular formula is C17H23NO2. The average molecular weight is 273 g/mol. The summed E-state index contributed by atoms with van der Waals surface area (Å²) in [5.74, 6) is 0.774. The lowest BCUT2D eigenvalue weighted by atomic mass is 10.0. The van der Waals surface area contributed by atoms with E-state index in [0.717, 1.165) is 18.6 Å². The van der Waals surface area contributed by atoms with Crippen LogP contribution in [-0.4, -0.2) is 11.7 Å². The van der Waals surface area contributed by atoms with Crippen LogP contribution in [0.5, 0.6) is 0 Å². The minimum atomic E-state index is -0.166. The third-order valence-corrected chi connectivity index (χ3v) is 3.67. The Morgan fingerprint density at radius 2 is 1.85 bits per heavy atom. The molecule has 0 spiro atoms. The number of nitrogens with one attached hydrogen (secondary N) is 1. The summed E-state index contributed by atoms with van der Waals surface area (Å²) >= 11 is 0. The maximum atomic E-state index is 9.55. The van der Waals surface area contributed by atoms with E-state index in [4.69, 9.17) is 4.42 Å². The predicted molar refractivity (Wildman–Crippen MR) is 80.5 cm³/mol. The first-order valence-corrected chi connectivity index (χ1v) is 7.27. The van der Waals surface area contributed by atoms with Gasteiger partial charge in [-0.3, -0.25) is 5.32 Å². The van der Waals surface area contributed by atoms with Gasteiger partial charge in [0, 0.05) is 6.04 Å². The van der Waals surface area contributed by atoms with Crippen molar-refractivity contribution in [3.05, 3.63) is 59.5 Å². The smallest absolute Gasteiger partial charge is 0.123 e. The second kappa shape index (κ2) is 7.27. The molecule has 20 heavy (non-hydrogen) atoms. The van der Waals surface area contributed by atoms with Gasteiger partial charge in [0.05, 0.1) is 18.9 Å². The Labute approximate surface area is 120 Å². The van der Waals surface area contributed by atoms with E-state index in [9.17, 15) is 5.11 Å². The molecule has 2 unspecified atom stereocenters. The van der Waals surface area contributed by atoms with E-state index >= 15 is 0 Å². The largest absolute Gasteiger partial charge is 0.468 e. The molecule has 3 heteroatoms. The molecule has 3 nitrogen and oxygen atoms in total. The zero-order valence-corrected chi connectivity index (χ0v) is 12.2. The van der Waals surface area contributed by atoms with Gasteiger partial charge in [-0.15, -0.1) is 0 Å². The molecule has 0 amide bonds. The van der Waals surface area contributed by atoms with Gasteiger partial charge in [0.15, 0.2) is 0 Å². The molecule has 2 N–H and O–H groups in total. The van der Waals surface area contributed by atoms with Gasteiger partial charge in [0.25, 0.3) is 0 Å². The average Bonchev–Trinajstić information content (AvgIpc) is 3.03. The zero-order chi connectivity index (χ0) is 14.4. The number of furan rings is 1. The highest BCUT2D eigenvalue weighted by Gasteiger charge is 2.18. The first-order chi connectivity index (χ1) is 9.78. The summed E-state index contributed by atoms with van der Waals surface area (Å²) in [6.07, 6.45) is 3.65. The Kier molecular flexibility index (Phi) is 5.39. The van der Waals surface area contributed by atoms with Crippen LogP contribution >= 0.6 is 0 Å². The summed E-state index contributed by atoms with van der Waals surface area (Å²) in [5, 5.41) is 13.0. The van der Waals surface area contributed by atoms with Gasteiger partial charge >= 0.3 is 0 Å². The number of aryl methyl sites for hydroxylation is 1. The van der Waals surface area contributed by atoms with Crippen LogP contribution in [-0.2, 0) is 6.42 Å². The molecule has 0 aliphatic heterocycles. The number of hydrogen-bond acceptors (Lipinski definition) is 3. The van der Waals surface area contributed by atoms with Crippen LogP contribution in [0.25, 0.3) is 0 Å². The third-order valence-electron chi connectivity index (χ3n) is 3.67. The van der Waals surface area contributed by atoms with Crippen LogP contribution in [0.3, 0.4) is 0 Å². The highest BCUT2D eigenvalue weighted by molar-refractivity contribution is 5.25. The first kappa shape index (κ1) is 14.8. The molecule has 2 rings (SSSR count). The van der Waals surface area contributed by atoms with Crippen molar-refractivity contribution in [1.82, 2.24) is 5.32 Å². The number of rotatable bonds is 7. The van der Waals surface area contributed by atoms with Gasteiger partial charge in [-0.2, -0.15) is 0 Å².